The molecule has 0 unspecified atom stereocenters. The molecule has 1 heterocycles. The molecule has 0 bridgehead atoms. The second-order valence-electron chi connectivity index (χ2n) is 5.27. The van der Waals surface area contributed by atoms with E-state index < -0.39 is 52.6 Å². The number of hydrogen-bond acceptors (Lipinski definition) is 7. The second kappa shape index (κ2) is 8.00. The lowest BCUT2D eigenvalue weighted by molar-refractivity contribution is -0.139. The van der Waals surface area contributed by atoms with Crippen LogP contribution in [0.1, 0.15) is 20.7 Å². The summed E-state index contributed by atoms with van der Waals surface area (Å²) < 4.78 is 10.6. The predicted octanol–water partition coefficient (Wildman–Crippen LogP) is 1.25. The van der Waals surface area contributed by atoms with Gasteiger partial charge in [-0.05, 0) is 12.1 Å². The lowest BCUT2D eigenvalue weighted by Crippen LogP contribution is -2.24. The van der Waals surface area contributed by atoms with Crippen molar-refractivity contribution in [2.45, 2.75) is 0 Å². The molecule has 12 heteroatoms. The monoisotopic (exact) mass is 456 g/mol. The molecule has 0 aliphatic heterocycles. The maximum absolute atomic E-state index is 12.2. The van der Waals surface area contributed by atoms with E-state index in [0.717, 1.165) is 0 Å². The number of nitrogens with two attached hydrogens (primary N) is 1. The molecule has 1 aromatic heterocycles. The van der Waals surface area contributed by atoms with Crippen molar-refractivity contribution in [1.29, 1.82) is 0 Å². The molecule has 0 atom stereocenters. The van der Waals surface area contributed by atoms with E-state index in [4.69, 9.17) is 20.3 Å². The molecule has 0 amide bonds. The largest absolute Gasteiger partial charge is 0.493 e. The van der Waals surface area contributed by atoms with E-state index in [2.05, 4.69) is 15.9 Å². The number of nitrogens with one attached hydrogen (secondary N) is 1. The number of carboxylic acid groups (broad SMARTS) is 3. The van der Waals surface area contributed by atoms with Crippen LogP contribution in [0.25, 0.3) is 11.1 Å². The Morgan fingerprint density at radius 2 is 1.75 bits per heavy atom. The molecule has 0 saturated carbocycles. The highest BCUT2D eigenvalue weighted by molar-refractivity contribution is 9.10. The Kier molecular flexibility index (Phi) is 5.93. The summed E-state index contributed by atoms with van der Waals surface area (Å²) in [4.78, 5) is 48.5. The molecule has 6 N–H and O–H groups in total. The number of carboxylic acids is 3. The summed E-state index contributed by atoms with van der Waals surface area (Å²) >= 11 is 3.16. The molecule has 0 saturated heterocycles. The van der Waals surface area contributed by atoms with Crippen molar-refractivity contribution in [1.82, 2.24) is 4.98 Å². The lowest BCUT2D eigenvalue weighted by Gasteiger charge is -2.18. The highest BCUT2D eigenvalue weighted by atomic mass is 79.9. The van der Waals surface area contributed by atoms with E-state index in [-0.39, 0.29) is 17.1 Å². The molecule has 0 radical (unpaired) electrons. The zero-order chi connectivity index (χ0) is 21.2. The number of pyridine rings is 1. The highest BCUT2D eigenvalue weighted by Crippen LogP contribution is 2.43. The van der Waals surface area contributed by atoms with Gasteiger partial charge in [0, 0.05) is 15.6 Å². The van der Waals surface area contributed by atoms with Crippen LogP contribution in [0.2, 0.25) is 0 Å². The van der Waals surface area contributed by atoms with Crippen molar-refractivity contribution in [3.8, 4) is 22.6 Å². The van der Waals surface area contributed by atoms with Crippen molar-refractivity contribution in [2.75, 3.05) is 19.5 Å². The number of halogens is 1. The van der Waals surface area contributed by atoms with E-state index in [1.54, 1.807) is 0 Å². The maximum atomic E-state index is 12.2. The summed E-state index contributed by atoms with van der Waals surface area (Å²) in [5.74, 6) is -5.57. The van der Waals surface area contributed by atoms with Crippen LogP contribution in [0.15, 0.2) is 21.4 Å². The molecule has 2 rings (SSSR count). The van der Waals surface area contributed by atoms with Gasteiger partial charge < -0.3 is 35.5 Å². The highest BCUT2D eigenvalue weighted by Gasteiger charge is 2.30. The molecular weight excluding hydrogens is 444 g/mol. The Morgan fingerprint density at radius 1 is 1.14 bits per heavy atom. The third kappa shape index (κ3) is 3.91. The fourth-order valence-electron chi connectivity index (χ4n) is 2.50. The molecule has 0 aliphatic rings. The molecule has 1 aromatic carbocycles. The van der Waals surface area contributed by atoms with E-state index in [1.807, 2.05) is 4.98 Å². The molecule has 28 heavy (non-hydrogen) atoms. The minimum Gasteiger partial charge on any atom is -0.493 e. The number of anilines is 1. The van der Waals surface area contributed by atoms with Crippen molar-refractivity contribution < 1.29 is 39.2 Å². The summed E-state index contributed by atoms with van der Waals surface area (Å²) in [7, 11) is 1.24. The van der Waals surface area contributed by atoms with Crippen LogP contribution in [0, 0.1) is 0 Å². The van der Waals surface area contributed by atoms with Crippen LogP contribution in [0.5, 0.6) is 11.5 Å². The normalized spacial score (nSPS) is 10.4. The second-order valence-corrected chi connectivity index (χ2v) is 6.19. The number of nitrogen functional groups attached to an aromatic ring is 1. The number of benzene rings is 1. The number of carbonyl (C=O) groups is 3. The fraction of sp³-hybridized carbons (Fsp3) is 0.125. The topological polar surface area (TPSA) is 189 Å². The van der Waals surface area contributed by atoms with Crippen LogP contribution in [-0.4, -0.2) is 51.9 Å². The van der Waals surface area contributed by atoms with Crippen molar-refractivity contribution in [3.05, 3.63) is 38.1 Å². The number of H-pyrrole nitrogens is 1. The van der Waals surface area contributed by atoms with Gasteiger partial charge in [-0.1, -0.05) is 15.9 Å². The Balaban J connectivity index is 3.03. The van der Waals surface area contributed by atoms with Crippen molar-refractivity contribution >= 4 is 39.7 Å². The smallest absolute Gasteiger partial charge is 0.342 e. The van der Waals surface area contributed by atoms with Gasteiger partial charge in [0.2, 0.25) is 0 Å². The Labute approximate surface area is 164 Å². The van der Waals surface area contributed by atoms with Gasteiger partial charge in [-0.2, -0.15) is 0 Å². The van der Waals surface area contributed by atoms with Gasteiger partial charge in [0.15, 0.2) is 18.1 Å². The zero-order valence-corrected chi connectivity index (χ0v) is 15.7. The third-order valence-corrected chi connectivity index (χ3v) is 3.98. The molecular formula is C16H13BrN2O9. The van der Waals surface area contributed by atoms with Gasteiger partial charge in [0.05, 0.1) is 7.11 Å². The van der Waals surface area contributed by atoms with Crippen LogP contribution in [0.4, 0.5) is 5.82 Å². The number of aromatic carboxylic acids is 2. The number of ether oxygens (including phenoxy) is 2. The van der Waals surface area contributed by atoms with Crippen molar-refractivity contribution in [2.24, 2.45) is 0 Å². The Bertz CT molecular complexity index is 1050. The van der Waals surface area contributed by atoms with Gasteiger partial charge >= 0.3 is 17.9 Å². The summed E-state index contributed by atoms with van der Waals surface area (Å²) in [6, 6.07) is 2.64. The van der Waals surface area contributed by atoms with Gasteiger partial charge in [0.25, 0.3) is 5.56 Å². The number of aromatic amines is 1. The number of methoxy groups -OCH3 is 1. The number of aromatic nitrogens is 1. The Hall–Kier alpha value is -3.54. The number of aliphatic carboxylic acids is 1. The van der Waals surface area contributed by atoms with E-state index in [1.165, 1.54) is 19.2 Å². The summed E-state index contributed by atoms with van der Waals surface area (Å²) in [6.07, 6.45) is 0. The SMILES string of the molecule is COc1cc(Br)cc(-c2c(C(=O)O)c(N)[nH]c(=O)c2C(=O)O)c1OCC(=O)O. The summed E-state index contributed by atoms with van der Waals surface area (Å²) in [5, 5.41) is 27.9. The van der Waals surface area contributed by atoms with Crippen LogP contribution >= 0.6 is 15.9 Å². The standard InChI is InChI=1S/C16H13BrN2O9/c1-27-7-3-5(17)2-6(12(7)28-4-8(20)21)9-10(15(23)24)13(18)19-14(22)11(9)16(25)26/h2-3H,4H2,1H3,(H,20,21)(H,23,24)(H,25,26)(H3,18,19,22). The lowest BCUT2D eigenvalue weighted by atomic mass is 9.94. The first-order valence-corrected chi connectivity index (χ1v) is 8.12. The molecule has 11 nitrogen and oxygen atoms in total. The minimum absolute atomic E-state index is 0.0304. The zero-order valence-electron chi connectivity index (χ0n) is 14.1. The minimum atomic E-state index is -1.72. The molecule has 2 aromatic rings. The number of hydrogen-bond donors (Lipinski definition) is 5. The van der Waals surface area contributed by atoms with Gasteiger partial charge in [0.1, 0.15) is 16.9 Å². The molecule has 0 fully saturated rings. The van der Waals surface area contributed by atoms with Crippen LogP contribution in [0.3, 0.4) is 0 Å². The quantitative estimate of drug-likeness (QED) is 0.405. The average Bonchev–Trinajstić information content (AvgIpc) is 2.58. The first-order chi connectivity index (χ1) is 13.1. The maximum Gasteiger partial charge on any atom is 0.342 e. The van der Waals surface area contributed by atoms with Gasteiger partial charge in [-0.25, -0.2) is 14.4 Å². The third-order valence-electron chi connectivity index (χ3n) is 3.52. The summed E-state index contributed by atoms with van der Waals surface area (Å²) in [6.45, 7) is -0.839. The van der Waals surface area contributed by atoms with E-state index >= 15 is 0 Å². The van der Waals surface area contributed by atoms with Crippen molar-refractivity contribution in [3.63, 3.8) is 0 Å². The molecule has 148 valence electrons. The molecule has 0 aliphatic carbocycles. The first kappa shape index (κ1) is 20.8. The average molecular weight is 457 g/mol. The van der Waals surface area contributed by atoms with E-state index in [9.17, 15) is 29.4 Å². The number of rotatable bonds is 7. The Morgan fingerprint density at radius 3 is 2.25 bits per heavy atom. The van der Waals surface area contributed by atoms with Crippen LogP contribution in [-0.2, 0) is 4.79 Å². The predicted molar refractivity (Wildman–Crippen MR) is 98.2 cm³/mol. The van der Waals surface area contributed by atoms with Crippen LogP contribution < -0.4 is 20.8 Å². The van der Waals surface area contributed by atoms with Gasteiger partial charge in [-0.3, -0.25) is 4.79 Å². The summed E-state index contributed by atoms with van der Waals surface area (Å²) in [5.41, 5.74) is 2.09. The fourth-order valence-corrected chi connectivity index (χ4v) is 2.94. The first-order valence-electron chi connectivity index (χ1n) is 7.33. The van der Waals surface area contributed by atoms with Gasteiger partial charge in [-0.15, -0.1) is 0 Å². The van der Waals surface area contributed by atoms with E-state index in [0.29, 0.717) is 4.47 Å². The molecule has 0 spiro atoms.